The molecule has 2 atom stereocenters. The monoisotopic (exact) mass is 275 g/mol. The largest absolute Gasteiger partial charge is 0.259 e. The van der Waals surface area contributed by atoms with Gasteiger partial charge < -0.3 is 0 Å². The molecule has 0 aliphatic rings. The van der Waals surface area contributed by atoms with E-state index < -0.39 is 0 Å². The molecule has 0 spiro atoms. The number of halogens is 2. The van der Waals surface area contributed by atoms with Gasteiger partial charge in [-0.15, -0.1) is 0 Å². The highest BCUT2D eigenvalue weighted by molar-refractivity contribution is 9.09. The summed E-state index contributed by atoms with van der Waals surface area (Å²) < 4.78 is 0. The van der Waals surface area contributed by atoms with Crippen molar-refractivity contribution in [1.82, 2.24) is 4.98 Å². The fraction of sp³-hybridized carbons (Fsp3) is 0.545. The molecule has 1 heterocycles. The summed E-state index contributed by atoms with van der Waals surface area (Å²) in [7, 11) is 0. The standard InChI is InChI=1S/C11H15BrClN/c1-7(2)11(8(3)12)10-5-4-9(13)6-14-10/h4-8,11H,1-3H3. The van der Waals surface area contributed by atoms with E-state index in [1.807, 2.05) is 12.1 Å². The van der Waals surface area contributed by atoms with Crippen LogP contribution in [0.15, 0.2) is 18.3 Å². The molecule has 0 bridgehead atoms. The number of nitrogens with zero attached hydrogens (tertiary/aromatic N) is 1. The fourth-order valence-corrected chi connectivity index (χ4v) is 2.68. The third-order valence-corrected chi connectivity index (χ3v) is 3.10. The van der Waals surface area contributed by atoms with Gasteiger partial charge in [0.1, 0.15) is 0 Å². The summed E-state index contributed by atoms with van der Waals surface area (Å²) in [6, 6.07) is 3.90. The zero-order valence-electron chi connectivity index (χ0n) is 8.67. The summed E-state index contributed by atoms with van der Waals surface area (Å²) in [5, 5.41) is 0.693. The highest BCUT2D eigenvalue weighted by atomic mass is 79.9. The number of aromatic nitrogens is 1. The topological polar surface area (TPSA) is 12.9 Å². The molecule has 2 unspecified atom stereocenters. The second-order valence-electron chi connectivity index (χ2n) is 3.85. The molecule has 1 aromatic heterocycles. The minimum absolute atomic E-state index is 0.427. The molecule has 14 heavy (non-hydrogen) atoms. The minimum atomic E-state index is 0.427. The molecule has 0 saturated carbocycles. The van der Waals surface area contributed by atoms with Crippen LogP contribution >= 0.6 is 27.5 Å². The van der Waals surface area contributed by atoms with Gasteiger partial charge >= 0.3 is 0 Å². The van der Waals surface area contributed by atoms with Crippen LogP contribution in [0.1, 0.15) is 32.4 Å². The van der Waals surface area contributed by atoms with Crippen LogP contribution in [-0.4, -0.2) is 9.81 Å². The van der Waals surface area contributed by atoms with Crippen molar-refractivity contribution in [3.63, 3.8) is 0 Å². The smallest absolute Gasteiger partial charge is 0.0589 e. The molecule has 0 radical (unpaired) electrons. The summed E-state index contributed by atoms with van der Waals surface area (Å²) in [4.78, 5) is 4.79. The summed E-state index contributed by atoms with van der Waals surface area (Å²) in [5.41, 5.74) is 1.11. The van der Waals surface area contributed by atoms with Crippen LogP contribution in [0.25, 0.3) is 0 Å². The van der Waals surface area contributed by atoms with E-state index in [9.17, 15) is 0 Å². The van der Waals surface area contributed by atoms with Gasteiger partial charge in [-0.05, 0) is 18.1 Å². The van der Waals surface area contributed by atoms with E-state index in [-0.39, 0.29) is 0 Å². The molecule has 0 saturated heterocycles. The zero-order valence-corrected chi connectivity index (χ0v) is 11.0. The Labute approximate surface area is 99.0 Å². The molecule has 78 valence electrons. The van der Waals surface area contributed by atoms with Crippen molar-refractivity contribution < 1.29 is 0 Å². The summed E-state index contributed by atoms with van der Waals surface area (Å²) in [6.45, 7) is 6.57. The van der Waals surface area contributed by atoms with Crippen LogP contribution in [0.3, 0.4) is 0 Å². The average molecular weight is 277 g/mol. The van der Waals surface area contributed by atoms with Crippen molar-refractivity contribution in [3.05, 3.63) is 29.0 Å². The molecule has 0 N–H and O–H groups in total. The van der Waals surface area contributed by atoms with E-state index in [0.717, 1.165) is 5.69 Å². The fourth-order valence-electron chi connectivity index (χ4n) is 1.69. The van der Waals surface area contributed by atoms with Crippen molar-refractivity contribution in [1.29, 1.82) is 0 Å². The number of hydrogen-bond acceptors (Lipinski definition) is 1. The van der Waals surface area contributed by atoms with Crippen molar-refractivity contribution >= 4 is 27.5 Å². The third kappa shape index (κ3) is 2.96. The van der Waals surface area contributed by atoms with Gasteiger partial charge in [-0.2, -0.15) is 0 Å². The van der Waals surface area contributed by atoms with Crippen LogP contribution in [0.5, 0.6) is 0 Å². The molecule has 0 amide bonds. The first-order valence-corrected chi connectivity index (χ1v) is 6.07. The second kappa shape index (κ2) is 5.13. The lowest BCUT2D eigenvalue weighted by molar-refractivity contribution is 0.488. The first kappa shape index (κ1) is 12.0. The Kier molecular flexibility index (Phi) is 4.39. The van der Waals surface area contributed by atoms with Crippen LogP contribution in [0, 0.1) is 5.92 Å². The first-order valence-electron chi connectivity index (χ1n) is 4.78. The Bertz CT molecular complexity index is 274. The van der Waals surface area contributed by atoms with E-state index in [1.54, 1.807) is 6.20 Å². The lowest BCUT2D eigenvalue weighted by Crippen LogP contribution is -2.16. The van der Waals surface area contributed by atoms with Crippen molar-refractivity contribution in [2.45, 2.75) is 31.5 Å². The van der Waals surface area contributed by atoms with Crippen LogP contribution in [0.2, 0.25) is 5.02 Å². The maximum Gasteiger partial charge on any atom is 0.0589 e. The predicted octanol–water partition coefficient (Wildman–Crippen LogP) is 4.26. The Morgan fingerprint density at radius 3 is 2.29 bits per heavy atom. The van der Waals surface area contributed by atoms with E-state index in [0.29, 0.717) is 21.7 Å². The zero-order chi connectivity index (χ0) is 10.7. The van der Waals surface area contributed by atoms with Crippen LogP contribution < -0.4 is 0 Å². The lowest BCUT2D eigenvalue weighted by atomic mass is 9.90. The Hall–Kier alpha value is -0.0800. The second-order valence-corrected chi connectivity index (χ2v) is 5.73. The third-order valence-electron chi connectivity index (χ3n) is 2.30. The Balaban J connectivity index is 2.94. The molecule has 1 rings (SSSR count). The maximum atomic E-state index is 5.80. The number of pyridine rings is 1. The molecular weight excluding hydrogens is 261 g/mol. The summed E-state index contributed by atoms with van der Waals surface area (Å²) in [6.07, 6.45) is 1.71. The quantitative estimate of drug-likeness (QED) is 0.752. The SMILES string of the molecule is CC(C)C(c1ccc(Cl)cn1)C(C)Br. The lowest BCUT2D eigenvalue weighted by Gasteiger charge is -2.22. The minimum Gasteiger partial charge on any atom is -0.259 e. The maximum absolute atomic E-state index is 5.80. The first-order chi connectivity index (χ1) is 6.52. The highest BCUT2D eigenvalue weighted by Crippen LogP contribution is 2.30. The van der Waals surface area contributed by atoms with Gasteiger partial charge in [-0.1, -0.05) is 48.3 Å². The predicted molar refractivity (Wildman–Crippen MR) is 65.2 cm³/mol. The van der Waals surface area contributed by atoms with E-state index >= 15 is 0 Å². The van der Waals surface area contributed by atoms with Gasteiger partial charge in [-0.3, -0.25) is 4.98 Å². The van der Waals surface area contributed by atoms with Crippen molar-refractivity contribution in [2.75, 3.05) is 0 Å². The van der Waals surface area contributed by atoms with Gasteiger partial charge in [0.25, 0.3) is 0 Å². The summed E-state index contributed by atoms with van der Waals surface area (Å²) in [5.74, 6) is 1.00. The molecule has 3 heteroatoms. The summed E-state index contributed by atoms with van der Waals surface area (Å²) >= 11 is 9.42. The van der Waals surface area contributed by atoms with Crippen molar-refractivity contribution in [2.24, 2.45) is 5.92 Å². The molecular formula is C11H15BrClN. The average Bonchev–Trinajstić information content (AvgIpc) is 2.07. The molecule has 1 nitrogen and oxygen atoms in total. The number of rotatable bonds is 3. The Morgan fingerprint density at radius 1 is 1.29 bits per heavy atom. The molecule has 0 aliphatic carbocycles. The van der Waals surface area contributed by atoms with E-state index in [1.165, 1.54) is 0 Å². The molecule has 1 aromatic rings. The van der Waals surface area contributed by atoms with Gasteiger partial charge in [0, 0.05) is 22.6 Å². The highest BCUT2D eigenvalue weighted by Gasteiger charge is 2.21. The molecule has 0 aliphatic heterocycles. The molecule has 0 fully saturated rings. The number of alkyl halides is 1. The Morgan fingerprint density at radius 2 is 1.93 bits per heavy atom. The van der Waals surface area contributed by atoms with E-state index in [2.05, 4.69) is 41.7 Å². The van der Waals surface area contributed by atoms with Crippen LogP contribution in [0.4, 0.5) is 0 Å². The van der Waals surface area contributed by atoms with Crippen LogP contribution in [-0.2, 0) is 0 Å². The van der Waals surface area contributed by atoms with Crippen molar-refractivity contribution in [3.8, 4) is 0 Å². The van der Waals surface area contributed by atoms with E-state index in [4.69, 9.17) is 11.6 Å². The normalized spacial score (nSPS) is 15.6. The molecule has 0 aromatic carbocycles. The van der Waals surface area contributed by atoms with Gasteiger partial charge in [0.15, 0.2) is 0 Å². The van der Waals surface area contributed by atoms with Gasteiger partial charge in [-0.25, -0.2) is 0 Å². The number of hydrogen-bond donors (Lipinski definition) is 0. The van der Waals surface area contributed by atoms with Gasteiger partial charge in [0.2, 0.25) is 0 Å². The van der Waals surface area contributed by atoms with Gasteiger partial charge in [0.05, 0.1) is 5.02 Å².